The first-order valence-electron chi connectivity index (χ1n) is 16.4. The zero-order valence-electron chi connectivity index (χ0n) is 28.1. The smallest absolute Gasteiger partial charge is 0.367 e. The second kappa shape index (κ2) is 13.7. The summed E-state index contributed by atoms with van der Waals surface area (Å²) in [5.74, 6) is 0.597. The highest BCUT2D eigenvalue weighted by Gasteiger charge is 2.37. The van der Waals surface area contributed by atoms with Gasteiger partial charge in [0.2, 0.25) is 0 Å². The molecule has 6 rings (SSSR count). The molecule has 2 saturated heterocycles. The van der Waals surface area contributed by atoms with Crippen LogP contribution in [0.2, 0.25) is 0 Å². The van der Waals surface area contributed by atoms with Crippen LogP contribution in [0.25, 0.3) is 21.1 Å². The number of nitrogens with one attached hydrogen (secondary N) is 1. The molecule has 1 N–H and O–H groups in total. The van der Waals surface area contributed by atoms with Crippen molar-refractivity contribution in [2.75, 3.05) is 44.3 Å². The monoisotopic (exact) mass is 700 g/mol. The number of benzene rings is 1. The van der Waals surface area contributed by atoms with E-state index < -0.39 is 23.6 Å². The lowest BCUT2D eigenvalue weighted by Crippen LogP contribution is -2.61. The van der Waals surface area contributed by atoms with E-state index in [-0.39, 0.29) is 22.5 Å². The SMILES string of the molecule is Cc1c(CN2CCC(Nc3ncnc4sc(CC(F)(F)F)cc34)CC2)ccc2c1cc(C#N)n2CC(C)N1CCN(S(C)=O)C(C)(C)C1. The van der Waals surface area contributed by atoms with Crippen LogP contribution in [0.1, 0.15) is 55.3 Å². The molecule has 9 nitrogen and oxygen atoms in total. The lowest BCUT2D eigenvalue weighted by atomic mass is 10.0. The van der Waals surface area contributed by atoms with Crippen LogP contribution in [-0.4, -0.2) is 95.6 Å². The van der Waals surface area contributed by atoms with E-state index in [2.05, 4.69) is 79.9 Å². The number of nitrogens with zero attached hydrogens (tertiary/aromatic N) is 7. The minimum atomic E-state index is -4.26. The van der Waals surface area contributed by atoms with Gasteiger partial charge in [-0.25, -0.2) is 18.5 Å². The zero-order chi connectivity index (χ0) is 34.4. The number of rotatable bonds is 9. The summed E-state index contributed by atoms with van der Waals surface area (Å²) in [7, 11) is -1.01. The molecule has 14 heteroatoms. The molecular weight excluding hydrogens is 658 g/mol. The molecule has 4 aromatic rings. The van der Waals surface area contributed by atoms with Crippen molar-refractivity contribution in [2.45, 2.75) is 83.8 Å². The summed E-state index contributed by atoms with van der Waals surface area (Å²) in [6.45, 7) is 14.3. The number of thiophene rings is 1. The maximum absolute atomic E-state index is 13.0. The quantitative estimate of drug-likeness (QED) is 0.226. The van der Waals surface area contributed by atoms with Gasteiger partial charge < -0.3 is 9.88 Å². The van der Waals surface area contributed by atoms with Gasteiger partial charge in [0.25, 0.3) is 0 Å². The Balaban J connectivity index is 1.10. The third-order valence-corrected chi connectivity index (χ3v) is 12.2. The summed E-state index contributed by atoms with van der Waals surface area (Å²) in [5, 5.41) is 15.3. The molecule has 0 amide bonds. The Morgan fingerprint density at radius 3 is 2.56 bits per heavy atom. The number of anilines is 1. The number of hydrogen-bond acceptors (Lipinski definition) is 8. The first kappa shape index (κ1) is 34.8. The highest BCUT2D eigenvalue weighted by atomic mass is 32.2. The average molecular weight is 701 g/mol. The number of halogens is 3. The van der Waals surface area contributed by atoms with Crippen LogP contribution in [0.3, 0.4) is 0 Å². The lowest BCUT2D eigenvalue weighted by molar-refractivity contribution is -0.126. The fourth-order valence-corrected chi connectivity index (χ4v) is 9.49. The molecular formula is C34H43F3N8OS2. The molecule has 0 radical (unpaired) electrons. The van der Waals surface area contributed by atoms with Gasteiger partial charge in [0.1, 0.15) is 28.7 Å². The molecule has 0 spiro atoms. The number of piperidine rings is 1. The molecule has 3 aromatic heterocycles. The molecule has 2 atom stereocenters. The summed E-state index contributed by atoms with van der Waals surface area (Å²) < 4.78 is 55.3. The van der Waals surface area contributed by atoms with E-state index in [0.717, 1.165) is 74.3 Å². The Morgan fingerprint density at radius 1 is 1.15 bits per heavy atom. The molecule has 1 aromatic carbocycles. The number of alkyl halides is 3. The van der Waals surface area contributed by atoms with E-state index in [4.69, 9.17) is 0 Å². The second-order valence-corrected chi connectivity index (χ2v) is 16.2. The van der Waals surface area contributed by atoms with Gasteiger partial charge in [-0.15, -0.1) is 11.3 Å². The van der Waals surface area contributed by atoms with Gasteiger partial charge in [-0.3, -0.25) is 9.80 Å². The van der Waals surface area contributed by atoms with Crippen LogP contribution in [0.15, 0.2) is 30.6 Å². The van der Waals surface area contributed by atoms with Crippen LogP contribution >= 0.6 is 11.3 Å². The molecule has 2 fully saturated rings. The maximum Gasteiger partial charge on any atom is 0.393 e. The second-order valence-electron chi connectivity index (χ2n) is 13.8. The van der Waals surface area contributed by atoms with Crippen LogP contribution in [-0.2, 0) is 30.5 Å². The molecule has 0 aliphatic carbocycles. The number of likely N-dealkylation sites (tertiary alicyclic amines) is 1. The molecule has 2 unspecified atom stereocenters. The van der Waals surface area contributed by atoms with Gasteiger partial charge >= 0.3 is 6.18 Å². The van der Waals surface area contributed by atoms with Crippen molar-refractivity contribution >= 4 is 49.3 Å². The predicted molar refractivity (Wildman–Crippen MR) is 186 cm³/mol. The molecule has 258 valence electrons. The summed E-state index contributed by atoms with van der Waals surface area (Å²) in [6, 6.07) is 10.7. The van der Waals surface area contributed by atoms with Crippen LogP contribution < -0.4 is 5.32 Å². The van der Waals surface area contributed by atoms with Crippen molar-refractivity contribution in [3.05, 3.63) is 52.3 Å². The Morgan fingerprint density at radius 2 is 1.90 bits per heavy atom. The highest BCUT2D eigenvalue weighted by Crippen LogP contribution is 2.34. The minimum Gasteiger partial charge on any atom is -0.367 e. The number of aryl methyl sites for hydroxylation is 1. The minimum absolute atomic E-state index is 0.167. The average Bonchev–Trinajstić information content (AvgIpc) is 3.59. The molecule has 48 heavy (non-hydrogen) atoms. The summed E-state index contributed by atoms with van der Waals surface area (Å²) in [4.78, 5) is 14.2. The number of aromatic nitrogens is 3. The van der Waals surface area contributed by atoms with E-state index >= 15 is 0 Å². The van der Waals surface area contributed by atoms with E-state index in [1.807, 2.05) is 6.07 Å². The highest BCUT2D eigenvalue weighted by molar-refractivity contribution is 7.81. The molecule has 5 heterocycles. The number of piperazine rings is 1. The van der Waals surface area contributed by atoms with Crippen LogP contribution in [0.4, 0.5) is 19.0 Å². The van der Waals surface area contributed by atoms with Gasteiger partial charge in [0, 0.05) is 85.5 Å². The van der Waals surface area contributed by atoms with Crippen LogP contribution in [0, 0.1) is 18.3 Å². The van der Waals surface area contributed by atoms with Crippen molar-refractivity contribution in [3.63, 3.8) is 0 Å². The standard InChI is InChI=1S/C34H43F3N8OS2/c1-22(43-12-13-45(48(5)46)33(3,4)20-43)18-44-26(17-38)14-28-23(2)24(6-7-30(28)44)19-42-10-8-25(9-11-42)41-31-29-15-27(16-34(35,36)37)47-32(29)40-21-39-31/h6-7,14-15,21-22,25H,8-13,16,18-20H2,1-5H3,(H,39,40,41). The van der Waals surface area contributed by atoms with E-state index in [0.29, 0.717) is 28.3 Å². The molecule has 2 aliphatic heterocycles. The zero-order valence-corrected chi connectivity index (χ0v) is 29.7. The van der Waals surface area contributed by atoms with Crippen molar-refractivity contribution in [3.8, 4) is 6.07 Å². The van der Waals surface area contributed by atoms with E-state index in [1.54, 1.807) is 12.3 Å². The fraction of sp³-hybridized carbons (Fsp3) is 0.559. The molecule has 0 saturated carbocycles. The van der Waals surface area contributed by atoms with Crippen LogP contribution in [0.5, 0.6) is 0 Å². The van der Waals surface area contributed by atoms with Gasteiger partial charge in [0.05, 0.1) is 22.8 Å². The van der Waals surface area contributed by atoms with Gasteiger partial charge in [-0.05, 0) is 69.9 Å². The lowest BCUT2D eigenvalue weighted by Gasteiger charge is -2.47. The number of nitriles is 1. The Hall–Kier alpha value is -3.09. The van der Waals surface area contributed by atoms with Gasteiger partial charge in [0.15, 0.2) is 0 Å². The topological polar surface area (TPSA) is 93.3 Å². The van der Waals surface area contributed by atoms with Gasteiger partial charge in [-0.2, -0.15) is 18.4 Å². The van der Waals surface area contributed by atoms with E-state index in [1.165, 1.54) is 17.5 Å². The third-order valence-electron chi connectivity index (χ3n) is 9.89. The van der Waals surface area contributed by atoms with Crippen molar-refractivity contribution in [1.29, 1.82) is 5.26 Å². The van der Waals surface area contributed by atoms with E-state index in [9.17, 15) is 22.6 Å². The normalized spacial score (nSPS) is 19.9. The molecule has 2 aliphatic rings. The molecule has 0 bridgehead atoms. The number of fused-ring (bicyclic) bond motifs is 2. The van der Waals surface area contributed by atoms with Crippen molar-refractivity contribution < 1.29 is 17.4 Å². The Labute approximate surface area is 286 Å². The van der Waals surface area contributed by atoms with Crippen molar-refractivity contribution in [2.24, 2.45) is 0 Å². The fourth-order valence-electron chi connectivity index (χ4n) is 7.37. The summed E-state index contributed by atoms with van der Waals surface area (Å²) in [6.07, 6.45) is -0.285. The first-order valence-corrected chi connectivity index (χ1v) is 18.7. The number of hydrogen-bond donors (Lipinski definition) is 1. The maximum atomic E-state index is 13.0. The Kier molecular flexibility index (Phi) is 9.90. The summed E-state index contributed by atoms with van der Waals surface area (Å²) >= 11 is 1.07. The summed E-state index contributed by atoms with van der Waals surface area (Å²) in [5.41, 5.74) is 3.95. The Bertz CT molecular complexity index is 1850. The first-order chi connectivity index (χ1) is 22.7. The van der Waals surface area contributed by atoms with Crippen molar-refractivity contribution in [1.82, 2.24) is 28.6 Å². The van der Waals surface area contributed by atoms with Gasteiger partial charge in [-0.1, -0.05) is 6.07 Å². The predicted octanol–water partition coefficient (Wildman–Crippen LogP) is 6.09. The third kappa shape index (κ3) is 7.40. The largest absolute Gasteiger partial charge is 0.393 e.